The van der Waals surface area contributed by atoms with Crippen LogP contribution in [-0.2, 0) is 0 Å². The van der Waals surface area contributed by atoms with Crippen LogP contribution in [-0.4, -0.2) is 5.71 Å². The normalized spacial score (nSPS) is 13.4. The molecule has 0 heterocycles. The fourth-order valence-corrected chi connectivity index (χ4v) is 0.553. The fraction of sp³-hybridized carbons (Fsp3) is 0.571. The average molecular weight is 126 g/mol. The Hall–Kier alpha value is -0.790. The molecule has 0 saturated carbocycles. The minimum absolute atomic E-state index is 0.0243. The van der Waals surface area contributed by atoms with Gasteiger partial charge in [0.25, 0.3) is 0 Å². The number of hydrazone groups is 1. The van der Waals surface area contributed by atoms with Crippen molar-refractivity contribution in [1.82, 2.24) is 0 Å². The predicted octanol–water partition coefficient (Wildman–Crippen LogP) is 1.53. The summed E-state index contributed by atoms with van der Waals surface area (Å²) in [5.41, 5.74) is 0.860. The zero-order chi connectivity index (χ0) is 7.49. The van der Waals surface area contributed by atoms with E-state index in [-0.39, 0.29) is 5.41 Å². The van der Waals surface area contributed by atoms with Crippen LogP contribution in [0, 0.1) is 5.41 Å². The van der Waals surface area contributed by atoms with Gasteiger partial charge < -0.3 is 5.84 Å². The Bertz CT molecular complexity index is 128. The van der Waals surface area contributed by atoms with E-state index in [2.05, 4.69) is 11.7 Å². The number of rotatable bonds is 1. The van der Waals surface area contributed by atoms with E-state index in [4.69, 9.17) is 5.84 Å². The van der Waals surface area contributed by atoms with E-state index in [1.807, 2.05) is 20.8 Å². The van der Waals surface area contributed by atoms with Crippen LogP contribution in [0.2, 0.25) is 0 Å². The molecule has 0 radical (unpaired) electrons. The Balaban J connectivity index is 4.32. The van der Waals surface area contributed by atoms with Gasteiger partial charge in [-0.15, -0.1) is 0 Å². The molecule has 0 saturated heterocycles. The molecule has 0 spiro atoms. The standard InChI is InChI=1S/C7H14N2/c1-5-6(9-8)7(2,3)4/h5H,1,8H2,2-4H3/b9-6+. The van der Waals surface area contributed by atoms with Gasteiger partial charge in [0.2, 0.25) is 0 Å². The van der Waals surface area contributed by atoms with Crippen LogP contribution in [0.3, 0.4) is 0 Å². The van der Waals surface area contributed by atoms with Crippen molar-refractivity contribution < 1.29 is 0 Å². The smallest absolute Gasteiger partial charge is 0.0648 e. The summed E-state index contributed by atoms with van der Waals surface area (Å²) in [7, 11) is 0. The molecule has 0 fully saturated rings. The number of hydrogen-bond donors (Lipinski definition) is 1. The maximum absolute atomic E-state index is 5.09. The van der Waals surface area contributed by atoms with Crippen LogP contribution in [0.4, 0.5) is 0 Å². The summed E-state index contributed by atoms with van der Waals surface area (Å²) in [5, 5.41) is 3.58. The number of nitrogens with two attached hydrogens (primary N) is 1. The highest BCUT2D eigenvalue weighted by molar-refractivity contribution is 5.98. The highest BCUT2D eigenvalue weighted by Crippen LogP contribution is 2.15. The largest absolute Gasteiger partial charge is 0.323 e. The Morgan fingerprint density at radius 1 is 1.56 bits per heavy atom. The van der Waals surface area contributed by atoms with Crippen molar-refractivity contribution in [3.8, 4) is 0 Å². The first-order chi connectivity index (χ1) is 4.02. The van der Waals surface area contributed by atoms with Gasteiger partial charge in [-0.25, -0.2) is 0 Å². The van der Waals surface area contributed by atoms with Gasteiger partial charge in [0.1, 0.15) is 0 Å². The van der Waals surface area contributed by atoms with Gasteiger partial charge in [-0.1, -0.05) is 27.4 Å². The molecule has 0 amide bonds. The summed E-state index contributed by atoms with van der Waals surface area (Å²) in [5.74, 6) is 5.09. The summed E-state index contributed by atoms with van der Waals surface area (Å²) in [6.45, 7) is 9.71. The van der Waals surface area contributed by atoms with Crippen molar-refractivity contribution in [2.75, 3.05) is 0 Å². The maximum Gasteiger partial charge on any atom is 0.0648 e. The second kappa shape index (κ2) is 2.67. The molecule has 0 aliphatic carbocycles. The van der Waals surface area contributed by atoms with Gasteiger partial charge in [0, 0.05) is 5.41 Å². The Kier molecular flexibility index (Phi) is 2.43. The van der Waals surface area contributed by atoms with Gasteiger partial charge in [0.15, 0.2) is 0 Å². The molecule has 2 N–H and O–H groups in total. The van der Waals surface area contributed by atoms with E-state index in [9.17, 15) is 0 Å². The van der Waals surface area contributed by atoms with Crippen molar-refractivity contribution in [3.05, 3.63) is 12.7 Å². The van der Waals surface area contributed by atoms with E-state index in [1.54, 1.807) is 6.08 Å². The first kappa shape index (κ1) is 8.21. The van der Waals surface area contributed by atoms with Crippen molar-refractivity contribution in [2.45, 2.75) is 20.8 Å². The van der Waals surface area contributed by atoms with Gasteiger partial charge in [-0.05, 0) is 6.08 Å². The molecule has 0 rings (SSSR count). The summed E-state index contributed by atoms with van der Waals surface area (Å²) in [4.78, 5) is 0. The molecule has 0 bridgehead atoms. The monoisotopic (exact) mass is 126 g/mol. The summed E-state index contributed by atoms with van der Waals surface area (Å²) in [6.07, 6.45) is 1.68. The second-order valence-electron chi connectivity index (χ2n) is 2.97. The third-order valence-corrected chi connectivity index (χ3v) is 1.10. The first-order valence-corrected chi connectivity index (χ1v) is 2.93. The molecule has 2 heteroatoms. The summed E-state index contributed by atoms with van der Waals surface area (Å²) < 4.78 is 0. The molecule has 0 atom stereocenters. The molecule has 52 valence electrons. The third kappa shape index (κ3) is 2.31. The van der Waals surface area contributed by atoms with Crippen LogP contribution >= 0.6 is 0 Å². The van der Waals surface area contributed by atoms with Gasteiger partial charge >= 0.3 is 0 Å². The third-order valence-electron chi connectivity index (χ3n) is 1.10. The quantitative estimate of drug-likeness (QED) is 0.323. The van der Waals surface area contributed by atoms with E-state index >= 15 is 0 Å². The number of nitrogens with zero attached hydrogens (tertiary/aromatic N) is 1. The van der Waals surface area contributed by atoms with Gasteiger partial charge in [-0.3, -0.25) is 0 Å². The van der Waals surface area contributed by atoms with Crippen molar-refractivity contribution in [3.63, 3.8) is 0 Å². The van der Waals surface area contributed by atoms with Gasteiger partial charge in [-0.2, -0.15) is 5.10 Å². The molecule has 0 aliphatic heterocycles. The minimum atomic E-state index is 0.0243. The maximum atomic E-state index is 5.09. The Morgan fingerprint density at radius 2 is 2.00 bits per heavy atom. The molecule has 0 unspecified atom stereocenters. The molecular weight excluding hydrogens is 112 g/mol. The molecule has 0 aromatic heterocycles. The number of hydrogen-bond acceptors (Lipinski definition) is 2. The van der Waals surface area contributed by atoms with Crippen LogP contribution in [0.25, 0.3) is 0 Å². The molecule has 0 aliphatic rings. The molecular formula is C7H14N2. The fourth-order valence-electron chi connectivity index (χ4n) is 0.553. The van der Waals surface area contributed by atoms with Crippen LogP contribution in [0.5, 0.6) is 0 Å². The summed E-state index contributed by atoms with van der Waals surface area (Å²) in [6, 6.07) is 0. The molecule has 0 aromatic rings. The lowest BCUT2D eigenvalue weighted by atomic mass is 9.90. The predicted molar refractivity (Wildman–Crippen MR) is 41.3 cm³/mol. The minimum Gasteiger partial charge on any atom is -0.323 e. The average Bonchev–Trinajstić information content (AvgIpc) is 1.65. The molecule has 9 heavy (non-hydrogen) atoms. The lowest BCUT2D eigenvalue weighted by Gasteiger charge is -2.16. The number of allylic oxidation sites excluding steroid dienone is 1. The van der Waals surface area contributed by atoms with Crippen LogP contribution in [0.1, 0.15) is 20.8 Å². The zero-order valence-electron chi connectivity index (χ0n) is 6.31. The zero-order valence-corrected chi connectivity index (χ0v) is 6.31. The van der Waals surface area contributed by atoms with E-state index in [0.717, 1.165) is 5.71 Å². The SMILES string of the molecule is C=C/C(=N\N)C(C)(C)C. The van der Waals surface area contributed by atoms with E-state index in [0.29, 0.717) is 0 Å². The highest BCUT2D eigenvalue weighted by atomic mass is 15.1. The highest BCUT2D eigenvalue weighted by Gasteiger charge is 2.14. The first-order valence-electron chi connectivity index (χ1n) is 2.93. The topological polar surface area (TPSA) is 38.4 Å². The van der Waals surface area contributed by atoms with Crippen molar-refractivity contribution >= 4 is 5.71 Å². The van der Waals surface area contributed by atoms with Crippen LogP contribution in [0.15, 0.2) is 17.8 Å². The lowest BCUT2D eigenvalue weighted by molar-refractivity contribution is 0.592. The van der Waals surface area contributed by atoms with E-state index < -0.39 is 0 Å². The van der Waals surface area contributed by atoms with Crippen molar-refractivity contribution in [1.29, 1.82) is 0 Å². The van der Waals surface area contributed by atoms with E-state index in [1.165, 1.54) is 0 Å². The second-order valence-corrected chi connectivity index (χ2v) is 2.97. The van der Waals surface area contributed by atoms with Crippen LogP contribution < -0.4 is 5.84 Å². The Morgan fingerprint density at radius 3 is 2.00 bits per heavy atom. The molecule has 2 nitrogen and oxygen atoms in total. The van der Waals surface area contributed by atoms with Crippen molar-refractivity contribution in [2.24, 2.45) is 16.4 Å². The summed E-state index contributed by atoms with van der Waals surface area (Å²) >= 11 is 0. The lowest BCUT2D eigenvalue weighted by Crippen LogP contribution is -2.19. The van der Waals surface area contributed by atoms with Gasteiger partial charge in [0.05, 0.1) is 5.71 Å². The Labute approximate surface area is 56.4 Å². The molecule has 0 aromatic carbocycles.